The Labute approximate surface area is 192 Å². The van der Waals surface area contributed by atoms with E-state index in [1.807, 2.05) is 12.1 Å². The fourth-order valence-electron chi connectivity index (χ4n) is 3.51. The molecule has 4 rings (SSSR count). The van der Waals surface area contributed by atoms with Crippen molar-refractivity contribution < 1.29 is 5.11 Å². The van der Waals surface area contributed by atoms with E-state index in [-0.39, 0.29) is 0 Å². The van der Waals surface area contributed by atoms with Gasteiger partial charge in [0.15, 0.2) is 0 Å². The number of hydrazone groups is 1. The maximum Gasteiger partial charge on any atom is 0.137 e. The Bertz CT molecular complexity index is 1010. The van der Waals surface area contributed by atoms with E-state index in [1.165, 1.54) is 16.3 Å². The first-order valence-electron chi connectivity index (χ1n) is 9.26. The van der Waals surface area contributed by atoms with Gasteiger partial charge in [0.05, 0.1) is 9.78 Å². The smallest absolute Gasteiger partial charge is 0.137 e. The number of hydrogen-bond acceptors (Lipinski definition) is 4. The predicted molar refractivity (Wildman–Crippen MR) is 132 cm³/mol. The van der Waals surface area contributed by atoms with E-state index in [0.717, 1.165) is 45.4 Å². The van der Waals surface area contributed by atoms with Gasteiger partial charge in [0.2, 0.25) is 0 Å². The van der Waals surface area contributed by atoms with Gasteiger partial charge in [-0.05, 0) is 73.7 Å². The number of benzene rings is 3. The minimum Gasteiger partial charge on any atom is -0.506 e. The van der Waals surface area contributed by atoms with Crippen LogP contribution in [0.2, 0.25) is 0 Å². The molecule has 0 aromatic heterocycles. The van der Waals surface area contributed by atoms with Gasteiger partial charge in [0.25, 0.3) is 0 Å². The van der Waals surface area contributed by atoms with E-state index >= 15 is 0 Å². The molecule has 144 valence electrons. The number of piperazine rings is 1. The summed E-state index contributed by atoms with van der Waals surface area (Å²) in [4.78, 5) is 2.49. The summed E-state index contributed by atoms with van der Waals surface area (Å²) in [6, 6.07) is 19.1. The van der Waals surface area contributed by atoms with E-state index < -0.39 is 0 Å². The van der Waals surface area contributed by atoms with Gasteiger partial charge < -0.3 is 5.11 Å². The molecule has 0 amide bonds. The van der Waals surface area contributed by atoms with Gasteiger partial charge in [-0.25, -0.2) is 0 Å². The number of halogens is 2. The second-order valence-corrected chi connectivity index (χ2v) is 9.35. The van der Waals surface area contributed by atoms with Crippen molar-refractivity contribution in [3.63, 3.8) is 0 Å². The molecule has 3 aromatic carbocycles. The number of aromatic hydroxyl groups is 1. The molecule has 1 fully saturated rings. The van der Waals surface area contributed by atoms with Gasteiger partial charge in [-0.15, -0.1) is 0 Å². The first-order valence-corrected chi connectivity index (χ1v) is 11.4. The van der Waals surface area contributed by atoms with Crippen molar-refractivity contribution in [3.05, 3.63) is 72.9 Å². The van der Waals surface area contributed by atoms with Crippen molar-refractivity contribution in [2.24, 2.45) is 5.10 Å². The summed E-state index contributed by atoms with van der Waals surface area (Å²) in [6.07, 6.45) is 1.78. The van der Waals surface area contributed by atoms with Crippen LogP contribution < -0.4 is 0 Å². The summed E-state index contributed by atoms with van der Waals surface area (Å²) >= 11 is 4.41. The maximum atomic E-state index is 10.2. The van der Waals surface area contributed by atoms with Gasteiger partial charge in [-0.3, -0.25) is 9.91 Å². The maximum absolute atomic E-state index is 10.2. The first-order chi connectivity index (χ1) is 13.6. The summed E-state index contributed by atoms with van der Waals surface area (Å²) in [5.41, 5.74) is 2.16. The third-order valence-electron chi connectivity index (χ3n) is 5.04. The van der Waals surface area contributed by atoms with Gasteiger partial charge in [0, 0.05) is 41.9 Å². The van der Waals surface area contributed by atoms with E-state index in [2.05, 4.69) is 103 Å². The van der Waals surface area contributed by atoms with Crippen LogP contribution in [-0.2, 0) is 6.54 Å². The van der Waals surface area contributed by atoms with Crippen LogP contribution in [0.5, 0.6) is 5.75 Å². The molecule has 1 aliphatic heterocycles. The molecule has 1 saturated heterocycles. The minimum atomic E-state index is 0.305. The highest BCUT2D eigenvalue weighted by Crippen LogP contribution is 2.26. The molecule has 6 heteroatoms. The highest BCUT2D eigenvalue weighted by atomic mass is 127. The number of rotatable bonds is 4. The van der Waals surface area contributed by atoms with Crippen molar-refractivity contribution in [1.29, 1.82) is 0 Å². The standard InChI is InChI=1S/C22H21I2N3O/c23-19-12-18(22(28)21(24)13-19)14-25-27-10-8-26(9-11-27)15-17-6-3-5-16-4-1-2-7-20(16)17/h1-7,12-14,28H,8-11,15H2/b25-14-. The van der Waals surface area contributed by atoms with Gasteiger partial charge in [-0.1, -0.05) is 42.5 Å². The lowest BCUT2D eigenvalue weighted by Gasteiger charge is -2.33. The number of phenols is 1. The van der Waals surface area contributed by atoms with Crippen LogP contribution >= 0.6 is 45.2 Å². The van der Waals surface area contributed by atoms with Crippen molar-refractivity contribution in [3.8, 4) is 5.75 Å². The Morgan fingerprint density at radius 3 is 2.54 bits per heavy atom. The van der Waals surface area contributed by atoms with Gasteiger partial charge >= 0.3 is 0 Å². The Morgan fingerprint density at radius 1 is 0.964 bits per heavy atom. The fourth-order valence-corrected chi connectivity index (χ4v) is 5.40. The largest absolute Gasteiger partial charge is 0.506 e. The van der Waals surface area contributed by atoms with E-state index in [4.69, 9.17) is 0 Å². The molecule has 0 saturated carbocycles. The zero-order valence-electron chi connectivity index (χ0n) is 15.4. The normalized spacial score (nSPS) is 15.6. The summed E-state index contributed by atoms with van der Waals surface area (Å²) < 4.78 is 1.95. The molecule has 4 nitrogen and oxygen atoms in total. The number of phenolic OH excluding ortho intramolecular Hbond substituents is 1. The summed E-state index contributed by atoms with van der Waals surface area (Å²) in [5.74, 6) is 0.305. The monoisotopic (exact) mass is 597 g/mol. The average Bonchev–Trinajstić information content (AvgIpc) is 2.71. The van der Waals surface area contributed by atoms with E-state index in [1.54, 1.807) is 6.21 Å². The highest BCUT2D eigenvalue weighted by Gasteiger charge is 2.16. The molecule has 0 unspecified atom stereocenters. The molecular formula is C22H21I2N3O. The topological polar surface area (TPSA) is 39.1 Å². The number of hydrogen-bond donors (Lipinski definition) is 1. The van der Waals surface area contributed by atoms with Crippen LogP contribution in [0.15, 0.2) is 59.7 Å². The van der Waals surface area contributed by atoms with E-state index in [0.29, 0.717) is 5.75 Å². The van der Waals surface area contributed by atoms with E-state index in [9.17, 15) is 5.11 Å². The minimum absolute atomic E-state index is 0.305. The number of fused-ring (bicyclic) bond motifs is 1. The summed E-state index contributed by atoms with van der Waals surface area (Å²) in [7, 11) is 0. The van der Waals surface area contributed by atoms with Gasteiger partial charge in [0.1, 0.15) is 5.75 Å². The Balaban J connectivity index is 1.38. The Kier molecular flexibility index (Phi) is 6.37. The van der Waals surface area contributed by atoms with Crippen LogP contribution in [0.25, 0.3) is 10.8 Å². The summed E-state index contributed by atoms with van der Waals surface area (Å²) in [6.45, 7) is 4.72. The molecule has 0 atom stereocenters. The Hall–Kier alpha value is -1.39. The average molecular weight is 597 g/mol. The van der Waals surface area contributed by atoms with Crippen molar-refractivity contribution in [1.82, 2.24) is 9.91 Å². The first kappa shape index (κ1) is 19.9. The zero-order valence-corrected chi connectivity index (χ0v) is 19.7. The molecule has 28 heavy (non-hydrogen) atoms. The molecule has 3 aromatic rings. The lowest BCUT2D eigenvalue weighted by molar-refractivity contribution is 0.131. The second-order valence-electron chi connectivity index (χ2n) is 6.94. The SMILES string of the molecule is Oc1c(I)cc(I)cc1/C=N\N1CCN(Cc2cccc3ccccc23)CC1. The molecule has 0 radical (unpaired) electrons. The second kappa shape index (κ2) is 8.96. The number of nitrogens with zero attached hydrogens (tertiary/aromatic N) is 3. The quantitative estimate of drug-likeness (QED) is 0.344. The van der Waals surface area contributed by atoms with Crippen LogP contribution in [0, 0.1) is 7.14 Å². The molecule has 0 spiro atoms. The summed E-state index contributed by atoms with van der Waals surface area (Å²) in [5, 5.41) is 19.6. The van der Waals surface area contributed by atoms with Gasteiger partial charge in [-0.2, -0.15) is 5.10 Å². The third-order valence-corrected chi connectivity index (χ3v) is 6.49. The Morgan fingerprint density at radius 2 is 1.71 bits per heavy atom. The zero-order chi connectivity index (χ0) is 19.5. The molecule has 1 heterocycles. The van der Waals surface area contributed by atoms with Crippen LogP contribution in [0.1, 0.15) is 11.1 Å². The lowest BCUT2D eigenvalue weighted by Crippen LogP contribution is -2.43. The van der Waals surface area contributed by atoms with Crippen LogP contribution in [-0.4, -0.2) is 47.4 Å². The molecule has 0 aliphatic carbocycles. The van der Waals surface area contributed by atoms with Crippen LogP contribution in [0.4, 0.5) is 0 Å². The van der Waals surface area contributed by atoms with Crippen molar-refractivity contribution in [2.45, 2.75) is 6.54 Å². The van der Waals surface area contributed by atoms with Crippen molar-refractivity contribution >= 4 is 62.2 Å². The predicted octanol–water partition coefficient (Wildman–Crippen LogP) is 4.91. The lowest BCUT2D eigenvalue weighted by atomic mass is 10.0. The molecule has 1 aliphatic rings. The van der Waals surface area contributed by atoms with Crippen molar-refractivity contribution in [2.75, 3.05) is 26.2 Å². The van der Waals surface area contributed by atoms with Crippen LogP contribution in [0.3, 0.4) is 0 Å². The molecule has 1 N–H and O–H groups in total. The molecular weight excluding hydrogens is 576 g/mol. The third kappa shape index (κ3) is 4.60. The fraction of sp³-hybridized carbons (Fsp3) is 0.227. The molecule has 0 bridgehead atoms. The highest BCUT2D eigenvalue weighted by molar-refractivity contribution is 14.1.